The monoisotopic (exact) mass is 258 g/mol. The van der Waals surface area contributed by atoms with Crippen LogP contribution in [0.25, 0.3) is 0 Å². The molecule has 1 aromatic rings. The van der Waals surface area contributed by atoms with E-state index in [1.165, 1.54) is 0 Å². The van der Waals surface area contributed by atoms with Crippen molar-refractivity contribution in [1.82, 2.24) is 0 Å². The summed E-state index contributed by atoms with van der Waals surface area (Å²) in [4.78, 5) is 9.91. The largest absolute Gasteiger partial charge is 0.388 e. The Hall–Kier alpha value is -1.76. The number of nitro groups is 1. The number of hydrogen-bond donors (Lipinski definition) is 2. The van der Waals surface area contributed by atoms with Crippen molar-refractivity contribution in [3.63, 3.8) is 0 Å². The van der Waals surface area contributed by atoms with Crippen LogP contribution < -0.4 is 5.32 Å². The molecule has 0 atom stereocenters. The SMILES string of the molecule is O=[N+]([O-])c1ccc(F)c(F)c1NCC1(O)CCC1. The maximum absolute atomic E-state index is 13.5. The third-order valence-electron chi connectivity index (χ3n) is 3.15. The second-order valence-electron chi connectivity index (χ2n) is 4.44. The smallest absolute Gasteiger partial charge is 0.295 e. The molecule has 0 spiro atoms. The highest BCUT2D eigenvalue weighted by Gasteiger charge is 2.35. The fourth-order valence-corrected chi connectivity index (χ4v) is 1.88. The minimum atomic E-state index is -1.30. The number of nitrogens with zero attached hydrogens (tertiary/aromatic N) is 1. The summed E-state index contributed by atoms with van der Waals surface area (Å²) in [6.45, 7) is -0.0335. The van der Waals surface area contributed by atoms with Crippen LogP contribution in [0.3, 0.4) is 0 Å². The lowest BCUT2D eigenvalue weighted by molar-refractivity contribution is -0.384. The van der Waals surface area contributed by atoms with Crippen molar-refractivity contribution in [1.29, 1.82) is 0 Å². The van der Waals surface area contributed by atoms with Gasteiger partial charge in [-0.3, -0.25) is 10.1 Å². The molecule has 0 unspecified atom stereocenters. The van der Waals surface area contributed by atoms with Crippen LogP contribution in [0.5, 0.6) is 0 Å². The first kappa shape index (κ1) is 12.7. The van der Waals surface area contributed by atoms with E-state index >= 15 is 0 Å². The molecule has 98 valence electrons. The molecule has 0 saturated heterocycles. The molecule has 0 bridgehead atoms. The quantitative estimate of drug-likeness (QED) is 0.641. The van der Waals surface area contributed by atoms with Crippen LogP contribution in [-0.2, 0) is 0 Å². The molecule has 18 heavy (non-hydrogen) atoms. The van der Waals surface area contributed by atoms with E-state index in [0.717, 1.165) is 12.5 Å². The molecule has 0 radical (unpaired) electrons. The van der Waals surface area contributed by atoms with Gasteiger partial charge in [0.05, 0.1) is 10.5 Å². The first-order valence-corrected chi connectivity index (χ1v) is 5.52. The molecule has 1 saturated carbocycles. The van der Waals surface area contributed by atoms with Gasteiger partial charge >= 0.3 is 0 Å². The minimum Gasteiger partial charge on any atom is -0.388 e. The molecule has 1 aromatic carbocycles. The van der Waals surface area contributed by atoms with E-state index in [-0.39, 0.29) is 6.54 Å². The summed E-state index contributed by atoms with van der Waals surface area (Å²) >= 11 is 0. The predicted molar refractivity (Wildman–Crippen MR) is 60.3 cm³/mol. The number of nitro benzene ring substituents is 1. The van der Waals surface area contributed by atoms with Crippen LogP contribution in [0.4, 0.5) is 20.2 Å². The zero-order valence-corrected chi connectivity index (χ0v) is 9.45. The van der Waals surface area contributed by atoms with E-state index in [9.17, 15) is 24.0 Å². The second-order valence-corrected chi connectivity index (χ2v) is 4.44. The highest BCUT2D eigenvalue weighted by atomic mass is 19.2. The molecule has 1 fully saturated rings. The first-order valence-electron chi connectivity index (χ1n) is 5.52. The third-order valence-corrected chi connectivity index (χ3v) is 3.15. The summed E-state index contributed by atoms with van der Waals surface area (Å²) < 4.78 is 26.5. The Morgan fingerprint density at radius 3 is 2.61 bits per heavy atom. The Kier molecular flexibility index (Phi) is 3.16. The average Bonchev–Trinajstić information content (AvgIpc) is 2.28. The lowest BCUT2D eigenvalue weighted by atomic mass is 9.80. The Bertz CT molecular complexity index is 489. The summed E-state index contributed by atoms with van der Waals surface area (Å²) in [6, 6.07) is 1.60. The van der Waals surface area contributed by atoms with E-state index in [1.54, 1.807) is 0 Å². The summed E-state index contributed by atoms with van der Waals surface area (Å²) in [5.74, 6) is -2.46. The summed E-state index contributed by atoms with van der Waals surface area (Å²) in [5, 5.41) is 23.0. The molecular formula is C11H12F2N2O3. The van der Waals surface area contributed by atoms with Crippen LogP contribution in [0.15, 0.2) is 12.1 Å². The average molecular weight is 258 g/mol. The normalized spacial score (nSPS) is 17.1. The van der Waals surface area contributed by atoms with Crippen molar-refractivity contribution in [3.8, 4) is 0 Å². The number of benzene rings is 1. The Labute approximate surface area is 102 Å². The van der Waals surface area contributed by atoms with Crippen molar-refractivity contribution in [2.75, 3.05) is 11.9 Å². The van der Waals surface area contributed by atoms with Crippen molar-refractivity contribution in [2.45, 2.75) is 24.9 Å². The van der Waals surface area contributed by atoms with Crippen molar-refractivity contribution in [3.05, 3.63) is 33.9 Å². The Balaban J connectivity index is 2.24. The highest BCUT2D eigenvalue weighted by Crippen LogP contribution is 2.34. The Morgan fingerprint density at radius 2 is 2.11 bits per heavy atom. The van der Waals surface area contributed by atoms with E-state index in [1.807, 2.05) is 0 Å². The molecule has 0 amide bonds. The lowest BCUT2D eigenvalue weighted by Crippen LogP contribution is -2.43. The van der Waals surface area contributed by atoms with Gasteiger partial charge < -0.3 is 10.4 Å². The third kappa shape index (κ3) is 2.26. The van der Waals surface area contributed by atoms with Crippen LogP contribution >= 0.6 is 0 Å². The number of halogens is 2. The Morgan fingerprint density at radius 1 is 1.44 bits per heavy atom. The minimum absolute atomic E-state index is 0.0335. The molecule has 5 nitrogen and oxygen atoms in total. The van der Waals surface area contributed by atoms with Gasteiger partial charge in [0.2, 0.25) is 0 Å². The van der Waals surface area contributed by atoms with Gasteiger partial charge in [0, 0.05) is 12.6 Å². The van der Waals surface area contributed by atoms with Crippen molar-refractivity contribution < 1.29 is 18.8 Å². The summed E-state index contributed by atoms with van der Waals surface area (Å²) in [5.41, 5.74) is -2.04. The lowest BCUT2D eigenvalue weighted by Gasteiger charge is -2.36. The fraction of sp³-hybridized carbons (Fsp3) is 0.455. The topological polar surface area (TPSA) is 75.4 Å². The van der Waals surface area contributed by atoms with Gasteiger partial charge in [-0.25, -0.2) is 8.78 Å². The molecule has 0 aliphatic heterocycles. The maximum Gasteiger partial charge on any atom is 0.295 e. The van der Waals surface area contributed by atoms with Crippen LogP contribution in [0.2, 0.25) is 0 Å². The summed E-state index contributed by atoms with van der Waals surface area (Å²) in [6.07, 6.45) is 1.95. The summed E-state index contributed by atoms with van der Waals surface area (Å²) in [7, 11) is 0. The molecule has 0 heterocycles. The standard InChI is InChI=1S/C11H12F2N2O3/c12-7-2-3-8(15(17)18)10(9(7)13)14-6-11(16)4-1-5-11/h2-3,14,16H,1,4-6H2. The van der Waals surface area contributed by atoms with Gasteiger partial charge in [-0.1, -0.05) is 0 Å². The maximum atomic E-state index is 13.5. The van der Waals surface area contributed by atoms with Crippen molar-refractivity contribution >= 4 is 11.4 Å². The molecule has 0 aromatic heterocycles. The first-order chi connectivity index (χ1) is 8.43. The van der Waals surface area contributed by atoms with Gasteiger partial charge in [0.25, 0.3) is 5.69 Å². The van der Waals surface area contributed by atoms with E-state index in [4.69, 9.17) is 0 Å². The molecule has 1 aliphatic carbocycles. The van der Waals surface area contributed by atoms with E-state index in [2.05, 4.69) is 5.32 Å². The van der Waals surface area contributed by atoms with Gasteiger partial charge in [0.15, 0.2) is 17.3 Å². The van der Waals surface area contributed by atoms with Gasteiger partial charge in [-0.15, -0.1) is 0 Å². The molecule has 2 rings (SSSR count). The molecule has 7 heteroatoms. The van der Waals surface area contributed by atoms with Gasteiger partial charge in [0.1, 0.15) is 0 Å². The molecule has 2 N–H and O–H groups in total. The number of aliphatic hydroxyl groups is 1. The zero-order chi connectivity index (χ0) is 13.3. The van der Waals surface area contributed by atoms with Crippen molar-refractivity contribution in [2.24, 2.45) is 0 Å². The van der Waals surface area contributed by atoms with Gasteiger partial charge in [-0.2, -0.15) is 0 Å². The molecular weight excluding hydrogens is 246 g/mol. The highest BCUT2D eigenvalue weighted by molar-refractivity contribution is 5.62. The molecule has 1 aliphatic rings. The second kappa shape index (κ2) is 4.49. The predicted octanol–water partition coefficient (Wildman–Crippen LogP) is 2.20. The fourth-order valence-electron chi connectivity index (χ4n) is 1.88. The number of nitrogens with one attached hydrogen (secondary N) is 1. The van der Waals surface area contributed by atoms with E-state index in [0.29, 0.717) is 18.9 Å². The van der Waals surface area contributed by atoms with Gasteiger partial charge in [-0.05, 0) is 25.3 Å². The number of hydrogen-bond acceptors (Lipinski definition) is 4. The van der Waals surface area contributed by atoms with E-state index < -0.39 is 33.5 Å². The van der Waals surface area contributed by atoms with Crippen LogP contribution in [0.1, 0.15) is 19.3 Å². The zero-order valence-electron chi connectivity index (χ0n) is 9.45. The van der Waals surface area contributed by atoms with Crippen LogP contribution in [-0.4, -0.2) is 22.2 Å². The number of anilines is 1. The number of rotatable bonds is 4. The van der Waals surface area contributed by atoms with Crippen LogP contribution in [0, 0.1) is 21.7 Å².